The number of benzene rings is 1. The average molecular weight is 268 g/mol. The Morgan fingerprint density at radius 3 is 2.68 bits per heavy atom. The minimum absolute atomic E-state index is 0.199. The zero-order chi connectivity index (χ0) is 14.0. The molecule has 2 rings (SSSR count). The molecule has 0 heterocycles. The van der Waals surface area contributed by atoms with E-state index in [9.17, 15) is 19.6 Å². The minimum Gasteiger partial charge on any atom is -0.388 e. The molecule has 0 unspecified atom stereocenters. The fourth-order valence-corrected chi connectivity index (χ4v) is 2.71. The number of halogens is 1. The third-order valence-corrected chi connectivity index (χ3v) is 3.63. The van der Waals surface area contributed by atoms with E-state index in [2.05, 4.69) is 0 Å². The van der Waals surface area contributed by atoms with Crippen LogP contribution in [-0.2, 0) is 0 Å². The molecule has 0 saturated heterocycles. The fraction of sp³-hybridized carbons (Fsp3) is 0.538. The summed E-state index contributed by atoms with van der Waals surface area (Å²) in [4.78, 5) is 11.8. The first-order valence-corrected chi connectivity index (χ1v) is 6.29. The molecule has 1 fully saturated rings. The van der Waals surface area contributed by atoms with Gasteiger partial charge in [0.15, 0.2) is 0 Å². The molecule has 0 spiro atoms. The van der Waals surface area contributed by atoms with Gasteiger partial charge in [-0.3, -0.25) is 10.1 Å². The van der Waals surface area contributed by atoms with Crippen LogP contribution in [0.15, 0.2) is 18.2 Å². The molecule has 1 aliphatic carbocycles. The number of aliphatic hydroxyl groups is 1. The van der Waals surface area contributed by atoms with Crippen LogP contribution < -0.4 is 4.90 Å². The van der Waals surface area contributed by atoms with E-state index >= 15 is 0 Å². The molecule has 1 aromatic carbocycles. The van der Waals surface area contributed by atoms with Crippen molar-refractivity contribution in [3.8, 4) is 0 Å². The first-order chi connectivity index (χ1) is 8.93. The summed E-state index contributed by atoms with van der Waals surface area (Å²) in [5, 5.41) is 21.3. The first kappa shape index (κ1) is 13.7. The SMILES string of the molecule is CN(CC1(O)CCCC1)c1cccc(F)c1[N+](=O)[O-]. The van der Waals surface area contributed by atoms with E-state index < -0.39 is 22.0 Å². The number of para-hydroxylation sites is 1. The van der Waals surface area contributed by atoms with Crippen LogP contribution in [0.5, 0.6) is 0 Å². The van der Waals surface area contributed by atoms with E-state index in [0.29, 0.717) is 12.8 Å². The quantitative estimate of drug-likeness (QED) is 0.673. The number of nitrogens with zero attached hydrogens (tertiary/aromatic N) is 2. The van der Waals surface area contributed by atoms with Crippen LogP contribution in [0.4, 0.5) is 15.8 Å². The molecule has 1 aliphatic rings. The molecule has 1 aromatic rings. The Bertz CT molecular complexity index is 487. The molecule has 1 saturated carbocycles. The lowest BCUT2D eigenvalue weighted by molar-refractivity contribution is -0.386. The van der Waals surface area contributed by atoms with Crippen molar-refractivity contribution in [2.45, 2.75) is 31.3 Å². The van der Waals surface area contributed by atoms with Gasteiger partial charge in [0.2, 0.25) is 5.82 Å². The molecule has 0 aliphatic heterocycles. The summed E-state index contributed by atoms with van der Waals surface area (Å²) in [6, 6.07) is 4.01. The third-order valence-electron chi connectivity index (χ3n) is 3.63. The predicted molar refractivity (Wildman–Crippen MR) is 69.7 cm³/mol. The maximum atomic E-state index is 13.5. The van der Waals surface area contributed by atoms with Crippen molar-refractivity contribution < 1.29 is 14.4 Å². The number of rotatable bonds is 4. The van der Waals surface area contributed by atoms with Gasteiger partial charge in [-0.05, 0) is 25.0 Å². The first-order valence-electron chi connectivity index (χ1n) is 6.29. The third kappa shape index (κ3) is 2.84. The van der Waals surface area contributed by atoms with Crippen molar-refractivity contribution >= 4 is 11.4 Å². The zero-order valence-electron chi connectivity index (χ0n) is 10.8. The van der Waals surface area contributed by atoms with Crippen LogP contribution in [0.1, 0.15) is 25.7 Å². The van der Waals surface area contributed by atoms with E-state index in [1.54, 1.807) is 11.9 Å². The number of nitro groups is 1. The van der Waals surface area contributed by atoms with Crippen LogP contribution in [0.25, 0.3) is 0 Å². The zero-order valence-corrected chi connectivity index (χ0v) is 10.8. The highest BCUT2D eigenvalue weighted by Crippen LogP contribution is 2.34. The van der Waals surface area contributed by atoms with Gasteiger partial charge in [-0.15, -0.1) is 0 Å². The second kappa shape index (κ2) is 5.13. The Kier molecular flexibility index (Phi) is 3.71. The molecule has 0 atom stereocenters. The summed E-state index contributed by atoms with van der Waals surface area (Å²) >= 11 is 0. The van der Waals surface area contributed by atoms with Gasteiger partial charge in [0.25, 0.3) is 0 Å². The summed E-state index contributed by atoms with van der Waals surface area (Å²) in [6.07, 6.45) is 3.27. The Balaban J connectivity index is 2.26. The topological polar surface area (TPSA) is 66.6 Å². The highest BCUT2D eigenvalue weighted by atomic mass is 19.1. The van der Waals surface area contributed by atoms with Gasteiger partial charge in [-0.2, -0.15) is 4.39 Å². The Hall–Kier alpha value is -1.69. The van der Waals surface area contributed by atoms with E-state index in [1.807, 2.05) is 0 Å². The van der Waals surface area contributed by atoms with Gasteiger partial charge in [0, 0.05) is 13.6 Å². The summed E-state index contributed by atoms with van der Waals surface area (Å²) < 4.78 is 13.5. The molecular weight excluding hydrogens is 251 g/mol. The monoisotopic (exact) mass is 268 g/mol. The van der Waals surface area contributed by atoms with Gasteiger partial charge < -0.3 is 10.0 Å². The van der Waals surface area contributed by atoms with E-state index in [0.717, 1.165) is 18.9 Å². The lowest BCUT2D eigenvalue weighted by atomic mass is 10.0. The molecule has 104 valence electrons. The van der Waals surface area contributed by atoms with Crippen LogP contribution in [0.3, 0.4) is 0 Å². The van der Waals surface area contributed by atoms with Crippen molar-refractivity contribution in [1.82, 2.24) is 0 Å². The lowest BCUT2D eigenvalue weighted by Gasteiger charge is -2.29. The molecule has 5 nitrogen and oxygen atoms in total. The Labute approximate surface area is 110 Å². The molecule has 0 radical (unpaired) electrons. The lowest BCUT2D eigenvalue weighted by Crippen LogP contribution is -2.39. The minimum atomic E-state index is -0.854. The standard InChI is InChI=1S/C13H17FN2O3/c1-15(9-13(17)7-2-3-8-13)11-6-4-5-10(14)12(11)16(18)19/h4-6,17H,2-3,7-9H2,1H3. The molecular formula is C13H17FN2O3. The number of nitro benzene ring substituents is 1. The largest absolute Gasteiger partial charge is 0.388 e. The molecule has 0 bridgehead atoms. The summed E-state index contributed by atoms with van der Waals surface area (Å²) in [5.74, 6) is -0.854. The second-order valence-electron chi connectivity index (χ2n) is 5.15. The van der Waals surface area contributed by atoms with Crippen molar-refractivity contribution in [2.24, 2.45) is 0 Å². The maximum Gasteiger partial charge on any atom is 0.327 e. The normalized spacial score (nSPS) is 17.4. The van der Waals surface area contributed by atoms with Crippen LogP contribution >= 0.6 is 0 Å². The average Bonchev–Trinajstić information content (AvgIpc) is 2.74. The van der Waals surface area contributed by atoms with Crippen molar-refractivity contribution in [2.75, 3.05) is 18.5 Å². The van der Waals surface area contributed by atoms with Crippen LogP contribution in [0, 0.1) is 15.9 Å². The van der Waals surface area contributed by atoms with E-state index in [4.69, 9.17) is 0 Å². The summed E-state index contributed by atoms with van der Waals surface area (Å²) in [5.41, 5.74) is -1.16. The number of hydrogen-bond donors (Lipinski definition) is 1. The van der Waals surface area contributed by atoms with Gasteiger partial charge >= 0.3 is 5.69 Å². The smallest absolute Gasteiger partial charge is 0.327 e. The van der Waals surface area contributed by atoms with Crippen molar-refractivity contribution in [1.29, 1.82) is 0 Å². The highest BCUT2D eigenvalue weighted by Gasteiger charge is 2.34. The highest BCUT2D eigenvalue weighted by molar-refractivity contribution is 5.63. The van der Waals surface area contributed by atoms with Crippen LogP contribution in [-0.4, -0.2) is 29.2 Å². The van der Waals surface area contributed by atoms with Crippen LogP contribution in [0.2, 0.25) is 0 Å². The van der Waals surface area contributed by atoms with Crippen molar-refractivity contribution in [3.63, 3.8) is 0 Å². The van der Waals surface area contributed by atoms with E-state index in [1.165, 1.54) is 12.1 Å². The molecule has 19 heavy (non-hydrogen) atoms. The molecule has 0 amide bonds. The summed E-state index contributed by atoms with van der Waals surface area (Å²) in [6.45, 7) is 0.275. The Morgan fingerprint density at radius 2 is 2.11 bits per heavy atom. The number of anilines is 1. The predicted octanol–water partition coefficient (Wildman–Crippen LogP) is 2.48. The Morgan fingerprint density at radius 1 is 1.47 bits per heavy atom. The number of likely N-dealkylation sites (N-methyl/N-ethyl adjacent to an activating group) is 1. The van der Waals surface area contributed by atoms with E-state index in [-0.39, 0.29) is 12.2 Å². The van der Waals surface area contributed by atoms with Crippen molar-refractivity contribution in [3.05, 3.63) is 34.1 Å². The van der Waals surface area contributed by atoms with Gasteiger partial charge in [0.05, 0.1) is 10.5 Å². The van der Waals surface area contributed by atoms with Gasteiger partial charge in [0.1, 0.15) is 5.69 Å². The number of hydrogen-bond acceptors (Lipinski definition) is 4. The maximum absolute atomic E-state index is 13.5. The van der Waals surface area contributed by atoms with Gasteiger partial charge in [-0.1, -0.05) is 18.9 Å². The molecule has 6 heteroatoms. The molecule has 0 aromatic heterocycles. The second-order valence-corrected chi connectivity index (χ2v) is 5.15. The fourth-order valence-electron chi connectivity index (χ4n) is 2.71. The van der Waals surface area contributed by atoms with Gasteiger partial charge in [-0.25, -0.2) is 0 Å². The molecule has 1 N–H and O–H groups in total. The summed E-state index contributed by atoms with van der Waals surface area (Å²) in [7, 11) is 1.64.